The zero-order valence-corrected chi connectivity index (χ0v) is 17.0. The average Bonchev–Trinajstić information content (AvgIpc) is 3.27. The van der Waals surface area contributed by atoms with E-state index in [1.807, 2.05) is 15.7 Å². The molecule has 0 saturated carbocycles. The first-order valence-corrected chi connectivity index (χ1v) is 10.7. The molecule has 2 amide bonds. The summed E-state index contributed by atoms with van der Waals surface area (Å²) in [5.74, 6) is 0.00474. The van der Waals surface area contributed by atoms with Crippen LogP contribution < -0.4 is 5.32 Å². The Balaban J connectivity index is 1.36. The molecule has 1 fully saturated rings. The van der Waals surface area contributed by atoms with E-state index in [-0.39, 0.29) is 11.8 Å². The van der Waals surface area contributed by atoms with Crippen LogP contribution in [0.25, 0.3) is 0 Å². The lowest BCUT2D eigenvalue weighted by molar-refractivity contribution is -0.132. The molecule has 0 bridgehead atoms. The summed E-state index contributed by atoms with van der Waals surface area (Å²) in [6.45, 7) is 4.62. The van der Waals surface area contributed by atoms with Crippen molar-refractivity contribution >= 4 is 50.4 Å². The van der Waals surface area contributed by atoms with Crippen molar-refractivity contribution in [1.82, 2.24) is 15.1 Å². The smallest absolute Gasteiger partial charge is 0.252 e. The van der Waals surface area contributed by atoms with Crippen LogP contribution in [0.3, 0.4) is 0 Å². The lowest BCUT2D eigenvalue weighted by Crippen LogP contribution is -2.48. The number of carbonyl (C=O) groups is 2. The fraction of sp³-hybridized carbons (Fsp3) is 0.412. The van der Waals surface area contributed by atoms with Gasteiger partial charge in [0, 0.05) is 61.5 Å². The monoisotopic (exact) mass is 441 g/mol. The van der Waals surface area contributed by atoms with Gasteiger partial charge in [0.2, 0.25) is 5.91 Å². The van der Waals surface area contributed by atoms with Crippen molar-refractivity contribution in [1.29, 1.82) is 0 Å². The summed E-state index contributed by atoms with van der Waals surface area (Å²) in [6.07, 6.45) is 0.355. The van der Waals surface area contributed by atoms with Gasteiger partial charge >= 0.3 is 0 Å². The van der Waals surface area contributed by atoms with Gasteiger partial charge in [-0.2, -0.15) is 11.3 Å². The van der Waals surface area contributed by atoms with Crippen molar-refractivity contribution < 1.29 is 9.59 Å². The van der Waals surface area contributed by atoms with Crippen molar-refractivity contribution in [3.8, 4) is 0 Å². The predicted molar refractivity (Wildman–Crippen MR) is 105 cm³/mol. The Morgan fingerprint density at radius 1 is 1.16 bits per heavy atom. The van der Waals surface area contributed by atoms with Gasteiger partial charge in [-0.25, -0.2) is 0 Å². The maximum absolute atomic E-state index is 12.3. The van der Waals surface area contributed by atoms with Crippen LogP contribution in [0.15, 0.2) is 32.7 Å². The van der Waals surface area contributed by atoms with E-state index in [2.05, 4.69) is 38.3 Å². The highest BCUT2D eigenvalue weighted by Crippen LogP contribution is 2.23. The van der Waals surface area contributed by atoms with E-state index in [9.17, 15) is 9.59 Å². The second-order valence-corrected chi connectivity index (χ2v) is 9.21. The summed E-state index contributed by atoms with van der Waals surface area (Å²) < 4.78 is 1.15. The first kappa shape index (κ1) is 18.6. The van der Waals surface area contributed by atoms with Crippen LogP contribution in [-0.2, 0) is 11.3 Å². The van der Waals surface area contributed by atoms with E-state index in [0.717, 1.165) is 36.5 Å². The SMILES string of the molecule is O=C(NCCC(=O)N1CCN(Cc2ccc(Br)s2)CC1)c1ccsc1. The third kappa shape index (κ3) is 5.37. The maximum atomic E-state index is 12.3. The largest absolute Gasteiger partial charge is 0.351 e. The molecule has 2 aromatic heterocycles. The Morgan fingerprint density at radius 3 is 2.60 bits per heavy atom. The molecular weight excluding hydrogens is 422 g/mol. The lowest BCUT2D eigenvalue weighted by Gasteiger charge is -2.34. The van der Waals surface area contributed by atoms with E-state index in [4.69, 9.17) is 0 Å². The van der Waals surface area contributed by atoms with E-state index < -0.39 is 0 Å². The van der Waals surface area contributed by atoms with Crippen molar-refractivity contribution in [3.05, 3.63) is 43.2 Å². The third-order valence-corrected chi connectivity index (χ3v) is 6.43. The normalized spacial score (nSPS) is 15.3. The Hall–Kier alpha value is -1.22. The van der Waals surface area contributed by atoms with Gasteiger partial charge in [0.15, 0.2) is 0 Å². The number of hydrogen-bond donors (Lipinski definition) is 1. The number of nitrogens with zero attached hydrogens (tertiary/aromatic N) is 2. The fourth-order valence-electron chi connectivity index (χ4n) is 2.75. The molecule has 1 aliphatic heterocycles. The number of nitrogens with one attached hydrogen (secondary N) is 1. The van der Waals surface area contributed by atoms with Gasteiger partial charge in [0.05, 0.1) is 3.79 Å². The molecule has 1 aliphatic rings. The van der Waals surface area contributed by atoms with Crippen LogP contribution in [0.1, 0.15) is 21.7 Å². The van der Waals surface area contributed by atoms with Gasteiger partial charge in [-0.05, 0) is 39.5 Å². The predicted octanol–water partition coefficient (Wildman–Crippen LogP) is 3.04. The van der Waals surface area contributed by atoms with Crippen LogP contribution in [0.2, 0.25) is 0 Å². The van der Waals surface area contributed by atoms with Crippen molar-refractivity contribution in [3.63, 3.8) is 0 Å². The molecule has 2 aromatic rings. The fourth-order valence-corrected chi connectivity index (χ4v) is 4.91. The molecule has 0 aliphatic carbocycles. The zero-order valence-electron chi connectivity index (χ0n) is 13.7. The zero-order chi connectivity index (χ0) is 17.6. The molecular formula is C17H20BrN3O2S2. The maximum Gasteiger partial charge on any atom is 0.252 e. The molecule has 0 aromatic carbocycles. The van der Waals surface area contributed by atoms with Crippen molar-refractivity contribution in [2.75, 3.05) is 32.7 Å². The number of halogens is 1. The molecule has 3 heterocycles. The molecule has 1 N–H and O–H groups in total. The standard InChI is InChI=1S/C17H20BrN3O2S2/c18-15-2-1-14(25-15)11-20-6-8-21(9-7-20)16(22)3-5-19-17(23)13-4-10-24-12-13/h1-2,4,10,12H,3,5-9,11H2,(H,19,23). The third-order valence-electron chi connectivity index (χ3n) is 4.14. The van der Waals surface area contributed by atoms with Gasteiger partial charge in [-0.3, -0.25) is 14.5 Å². The quantitative estimate of drug-likeness (QED) is 0.749. The number of rotatable bonds is 6. The summed E-state index contributed by atoms with van der Waals surface area (Å²) in [5, 5.41) is 6.48. The number of piperazine rings is 1. The highest BCUT2D eigenvalue weighted by atomic mass is 79.9. The topological polar surface area (TPSA) is 52.7 Å². The highest BCUT2D eigenvalue weighted by Gasteiger charge is 2.21. The second kappa shape index (κ2) is 8.93. The van der Waals surface area contributed by atoms with E-state index in [1.54, 1.807) is 17.4 Å². The summed E-state index contributed by atoms with van der Waals surface area (Å²) in [7, 11) is 0. The van der Waals surface area contributed by atoms with Crippen LogP contribution in [0, 0.1) is 0 Å². The van der Waals surface area contributed by atoms with Crippen LogP contribution in [0.4, 0.5) is 0 Å². The Labute approximate surface area is 163 Å². The minimum atomic E-state index is -0.110. The number of carbonyl (C=O) groups excluding carboxylic acids is 2. The average molecular weight is 442 g/mol. The first-order valence-electron chi connectivity index (χ1n) is 8.16. The Bertz CT molecular complexity index is 709. The number of thiophene rings is 2. The first-order chi connectivity index (χ1) is 12.1. The van der Waals surface area contributed by atoms with Gasteiger partial charge in [0.1, 0.15) is 0 Å². The van der Waals surface area contributed by atoms with Crippen molar-refractivity contribution in [2.24, 2.45) is 0 Å². The summed E-state index contributed by atoms with van der Waals surface area (Å²) in [4.78, 5) is 29.7. The van der Waals surface area contributed by atoms with Gasteiger partial charge in [0.25, 0.3) is 5.91 Å². The van der Waals surface area contributed by atoms with Crippen LogP contribution >= 0.6 is 38.6 Å². The van der Waals surface area contributed by atoms with E-state index in [0.29, 0.717) is 18.5 Å². The van der Waals surface area contributed by atoms with Gasteiger partial charge < -0.3 is 10.2 Å². The number of hydrogen-bond acceptors (Lipinski definition) is 5. The molecule has 5 nitrogen and oxygen atoms in total. The molecule has 1 saturated heterocycles. The van der Waals surface area contributed by atoms with Crippen LogP contribution in [-0.4, -0.2) is 54.3 Å². The van der Waals surface area contributed by atoms with Gasteiger partial charge in [-0.1, -0.05) is 0 Å². The second-order valence-electron chi connectivity index (χ2n) is 5.88. The minimum Gasteiger partial charge on any atom is -0.351 e. The highest BCUT2D eigenvalue weighted by molar-refractivity contribution is 9.11. The molecule has 0 unspecified atom stereocenters. The molecule has 25 heavy (non-hydrogen) atoms. The molecule has 0 spiro atoms. The van der Waals surface area contributed by atoms with Crippen molar-refractivity contribution in [2.45, 2.75) is 13.0 Å². The van der Waals surface area contributed by atoms with E-state index >= 15 is 0 Å². The summed E-state index contributed by atoms with van der Waals surface area (Å²) in [5.41, 5.74) is 0.659. The summed E-state index contributed by atoms with van der Waals surface area (Å²) >= 11 is 6.74. The minimum absolute atomic E-state index is 0.110. The Morgan fingerprint density at radius 2 is 1.96 bits per heavy atom. The van der Waals surface area contributed by atoms with E-state index in [1.165, 1.54) is 16.2 Å². The molecule has 0 atom stereocenters. The molecule has 134 valence electrons. The van der Waals surface area contributed by atoms with Gasteiger partial charge in [-0.15, -0.1) is 11.3 Å². The Kier molecular flexibility index (Phi) is 6.63. The summed E-state index contributed by atoms with van der Waals surface area (Å²) in [6, 6.07) is 6.00. The molecule has 3 rings (SSSR count). The molecule has 8 heteroatoms. The lowest BCUT2D eigenvalue weighted by atomic mass is 10.2. The molecule has 0 radical (unpaired) electrons. The number of amides is 2. The van der Waals surface area contributed by atoms with Crippen LogP contribution in [0.5, 0.6) is 0 Å².